The zero-order chi connectivity index (χ0) is 24.4. The summed E-state index contributed by atoms with van der Waals surface area (Å²) in [6, 6.07) is 18.0. The first-order valence-electron chi connectivity index (χ1n) is 11.6. The van der Waals surface area contributed by atoms with E-state index in [4.69, 9.17) is 13.9 Å². The van der Waals surface area contributed by atoms with Crippen LogP contribution in [0.25, 0.3) is 22.3 Å². The van der Waals surface area contributed by atoms with Gasteiger partial charge < -0.3 is 23.9 Å². The van der Waals surface area contributed by atoms with Crippen molar-refractivity contribution in [1.82, 2.24) is 4.90 Å². The standard InChI is InChI=1S/C28H26FNO5/c1-30-13-11-21(12-14-30)34-27-25(33-17-18-5-3-2-4-6-18)16-23(32)26-22(31)15-24(35-28(26)27)19-7-9-20(29)10-8-19/h2-10,15-16,21,32H,11-14,17H2,1H3. The van der Waals surface area contributed by atoms with Gasteiger partial charge in [-0.2, -0.15) is 0 Å². The van der Waals surface area contributed by atoms with Gasteiger partial charge in [-0.25, -0.2) is 4.39 Å². The molecule has 0 radical (unpaired) electrons. The Hall–Kier alpha value is -3.84. The first kappa shape index (κ1) is 22.9. The van der Waals surface area contributed by atoms with Crippen molar-refractivity contribution in [3.05, 3.63) is 88.3 Å². The average molecular weight is 476 g/mol. The molecule has 1 saturated heterocycles. The summed E-state index contributed by atoms with van der Waals surface area (Å²) < 4.78 is 32.1. The highest BCUT2D eigenvalue weighted by Crippen LogP contribution is 2.42. The molecule has 1 aliphatic rings. The third kappa shape index (κ3) is 5.00. The number of ether oxygens (including phenoxy) is 2. The molecule has 0 bridgehead atoms. The van der Waals surface area contributed by atoms with E-state index in [0.717, 1.165) is 31.5 Å². The Morgan fingerprint density at radius 2 is 1.77 bits per heavy atom. The van der Waals surface area contributed by atoms with Crippen LogP contribution in [0.1, 0.15) is 18.4 Å². The van der Waals surface area contributed by atoms with Crippen LogP contribution >= 0.6 is 0 Å². The summed E-state index contributed by atoms with van der Waals surface area (Å²) in [6.07, 6.45) is 1.51. The minimum absolute atomic E-state index is 0.0193. The van der Waals surface area contributed by atoms with E-state index in [1.165, 1.54) is 36.4 Å². The van der Waals surface area contributed by atoms with Crippen molar-refractivity contribution in [3.63, 3.8) is 0 Å². The molecule has 0 spiro atoms. The minimum atomic E-state index is -0.425. The van der Waals surface area contributed by atoms with Gasteiger partial charge in [-0.1, -0.05) is 30.3 Å². The molecule has 0 unspecified atom stereocenters. The molecule has 1 N–H and O–H groups in total. The van der Waals surface area contributed by atoms with Gasteiger partial charge in [0.2, 0.25) is 5.75 Å². The second kappa shape index (κ2) is 9.80. The third-order valence-corrected chi connectivity index (χ3v) is 6.22. The number of phenols is 1. The maximum Gasteiger partial charge on any atom is 0.205 e. The third-order valence-electron chi connectivity index (χ3n) is 6.22. The minimum Gasteiger partial charge on any atom is -0.507 e. The van der Waals surface area contributed by atoms with Crippen molar-refractivity contribution in [2.45, 2.75) is 25.6 Å². The van der Waals surface area contributed by atoms with Crippen LogP contribution in [0.4, 0.5) is 4.39 Å². The largest absolute Gasteiger partial charge is 0.507 e. The predicted octanol–water partition coefficient (Wildman–Crippen LogP) is 5.36. The summed E-state index contributed by atoms with van der Waals surface area (Å²) in [7, 11) is 2.06. The summed E-state index contributed by atoms with van der Waals surface area (Å²) in [6.45, 7) is 2.01. The zero-order valence-electron chi connectivity index (χ0n) is 19.4. The lowest BCUT2D eigenvalue weighted by Crippen LogP contribution is -2.35. The van der Waals surface area contributed by atoms with Crippen molar-refractivity contribution in [3.8, 4) is 28.6 Å². The van der Waals surface area contributed by atoms with Crippen LogP contribution in [0.5, 0.6) is 17.2 Å². The fourth-order valence-electron chi connectivity index (χ4n) is 4.25. The SMILES string of the molecule is CN1CCC(Oc2c(OCc3ccccc3)cc(O)c3c(=O)cc(-c4ccc(F)cc4)oc23)CC1. The highest BCUT2D eigenvalue weighted by molar-refractivity contribution is 5.91. The molecule has 0 amide bonds. The fourth-order valence-corrected chi connectivity index (χ4v) is 4.25. The summed E-state index contributed by atoms with van der Waals surface area (Å²) in [5, 5.41) is 10.8. The van der Waals surface area contributed by atoms with Crippen LogP contribution in [0.3, 0.4) is 0 Å². The molecular formula is C28H26FNO5. The van der Waals surface area contributed by atoms with Crippen LogP contribution in [-0.2, 0) is 6.61 Å². The molecule has 7 heteroatoms. The Kier molecular flexibility index (Phi) is 6.42. The summed E-state index contributed by atoms with van der Waals surface area (Å²) in [5.74, 6) is 0.174. The second-order valence-electron chi connectivity index (χ2n) is 8.80. The lowest BCUT2D eigenvalue weighted by Gasteiger charge is -2.30. The van der Waals surface area contributed by atoms with Crippen LogP contribution in [0.2, 0.25) is 0 Å². The van der Waals surface area contributed by atoms with E-state index < -0.39 is 11.2 Å². The van der Waals surface area contributed by atoms with Crippen molar-refractivity contribution < 1.29 is 23.4 Å². The summed E-state index contributed by atoms with van der Waals surface area (Å²) >= 11 is 0. The normalized spacial score (nSPS) is 14.8. The smallest absolute Gasteiger partial charge is 0.205 e. The van der Waals surface area contributed by atoms with Crippen LogP contribution in [-0.4, -0.2) is 36.2 Å². The van der Waals surface area contributed by atoms with Crippen molar-refractivity contribution in [2.75, 3.05) is 20.1 Å². The first-order chi connectivity index (χ1) is 17.0. The number of fused-ring (bicyclic) bond motifs is 1. The Bertz CT molecular complexity index is 1380. The molecule has 2 heterocycles. The zero-order valence-corrected chi connectivity index (χ0v) is 19.4. The molecule has 4 aromatic rings. The number of rotatable bonds is 6. The van der Waals surface area contributed by atoms with Gasteiger partial charge >= 0.3 is 0 Å². The van der Waals surface area contributed by atoms with Gasteiger partial charge in [0.15, 0.2) is 16.8 Å². The molecule has 180 valence electrons. The van der Waals surface area contributed by atoms with E-state index in [2.05, 4.69) is 11.9 Å². The molecule has 0 atom stereocenters. The van der Waals surface area contributed by atoms with Gasteiger partial charge in [0.25, 0.3) is 0 Å². The molecule has 1 fully saturated rings. The molecule has 0 aliphatic carbocycles. The van der Waals surface area contributed by atoms with E-state index in [0.29, 0.717) is 5.56 Å². The van der Waals surface area contributed by atoms with Crippen LogP contribution < -0.4 is 14.9 Å². The molecule has 6 nitrogen and oxygen atoms in total. The number of aromatic hydroxyl groups is 1. The first-order valence-corrected chi connectivity index (χ1v) is 11.6. The van der Waals surface area contributed by atoms with Crippen LogP contribution in [0.15, 0.2) is 75.9 Å². The lowest BCUT2D eigenvalue weighted by molar-refractivity contribution is 0.110. The maximum atomic E-state index is 13.5. The average Bonchev–Trinajstić information content (AvgIpc) is 2.86. The monoisotopic (exact) mass is 475 g/mol. The number of halogens is 1. The highest BCUT2D eigenvalue weighted by Gasteiger charge is 2.25. The molecule has 1 aliphatic heterocycles. The van der Waals surface area contributed by atoms with Crippen molar-refractivity contribution in [2.24, 2.45) is 0 Å². The fraction of sp³-hybridized carbons (Fsp3) is 0.250. The van der Waals surface area contributed by atoms with E-state index in [1.807, 2.05) is 30.3 Å². The number of phenolic OH excluding ortho intramolecular Hbond substituents is 1. The summed E-state index contributed by atoms with van der Waals surface area (Å²) in [4.78, 5) is 15.3. The number of piperidine rings is 1. The molecular weight excluding hydrogens is 449 g/mol. The number of likely N-dealkylation sites (tertiary alicyclic amines) is 1. The van der Waals surface area contributed by atoms with Gasteiger partial charge in [0.05, 0.1) is 0 Å². The Morgan fingerprint density at radius 3 is 2.49 bits per heavy atom. The van der Waals surface area contributed by atoms with Gasteiger partial charge in [-0.3, -0.25) is 4.79 Å². The van der Waals surface area contributed by atoms with Crippen molar-refractivity contribution >= 4 is 11.0 Å². The second-order valence-corrected chi connectivity index (χ2v) is 8.80. The molecule has 35 heavy (non-hydrogen) atoms. The van der Waals surface area contributed by atoms with Crippen molar-refractivity contribution in [1.29, 1.82) is 0 Å². The Balaban J connectivity index is 1.62. The number of hydrogen-bond acceptors (Lipinski definition) is 6. The van der Waals surface area contributed by atoms with Gasteiger partial charge in [-0.05, 0) is 49.7 Å². The highest BCUT2D eigenvalue weighted by atomic mass is 19.1. The molecule has 1 aromatic heterocycles. The number of nitrogens with zero attached hydrogens (tertiary/aromatic N) is 1. The number of benzene rings is 3. The van der Waals surface area contributed by atoms with E-state index in [-0.39, 0.29) is 46.7 Å². The van der Waals surface area contributed by atoms with E-state index in [9.17, 15) is 14.3 Å². The van der Waals surface area contributed by atoms with E-state index in [1.54, 1.807) is 0 Å². The van der Waals surface area contributed by atoms with Gasteiger partial charge in [0, 0.05) is 30.8 Å². The van der Waals surface area contributed by atoms with E-state index >= 15 is 0 Å². The van der Waals surface area contributed by atoms with Crippen LogP contribution in [0, 0.1) is 5.82 Å². The predicted molar refractivity (Wildman–Crippen MR) is 131 cm³/mol. The lowest BCUT2D eigenvalue weighted by atomic mass is 10.1. The number of hydrogen-bond donors (Lipinski definition) is 1. The molecule has 3 aromatic carbocycles. The Morgan fingerprint density at radius 1 is 1.06 bits per heavy atom. The van der Waals surface area contributed by atoms with Gasteiger partial charge in [0.1, 0.15) is 35.4 Å². The summed E-state index contributed by atoms with van der Waals surface area (Å²) in [5.41, 5.74) is 1.16. The Labute approximate surface area is 202 Å². The maximum absolute atomic E-state index is 13.5. The topological polar surface area (TPSA) is 72.1 Å². The molecule has 0 saturated carbocycles. The quantitative estimate of drug-likeness (QED) is 0.405. The molecule has 5 rings (SSSR count). The van der Waals surface area contributed by atoms with Gasteiger partial charge in [-0.15, -0.1) is 0 Å².